The van der Waals surface area contributed by atoms with Gasteiger partial charge in [-0.1, -0.05) is 93.2 Å². The Balaban J connectivity index is 5.10. The Morgan fingerprint density at radius 2 is 0.625 bits per heavy atom. The van der Waals surface area contributed by atoms with E-state index < -0.39 is 0 Å². The number of rotatable bonds is 20. The van der Waals surface area contributed by atoms with Gasteiger partial charge in [0.1, 0.15) is 0 Å². The van der Waals surface area contributed by atoms with Gasteiger partial charge < -0.3 is 0 Å². The molecule has 0 bridgehead atoms. The highest BCUT2D eigenvalue weighted by molar-refractivity contribution is 5.12. The van der Waals surface area contributed by atoms with Crippen LogP contribution in [0.3, 0.4) is 0 Å². The average Bonchev–Trinajstić information content (AvgIpc) is 2.85. The fraction of sp³-hybridized carbons (Fsp3) is 0.600. The Hall–Kier alpha value is -2.08. The van der Waals surface area contributed by atoms with Gasteiger partial charge in [-0.3, -0.25) is 0 Å². The first-order valence-corrected chi connectivity index (χ1v) is 16.1. The molecule has 0 fully saturated rings. The van der Waals surface area contributed by atoms with Crippen LogP contribution in [0, 0.1) is 5.92 Å². The lowest BCUT2D eigenvalue weighted by Gasteiger charge is -2.12. The fourth-order valence-corrected chi connectivity index (χ4v) is 4.69. The lowest BCUT2D eigenvalue weighted by Crippen LogP contribution is -1.97. The van der Waals surface area contributed by atoms with E-state index in [4.69, 9.17) is 0 Å². The summed E-state index contributed by atoms with van der Waals surface area (Å²) in [7, 11) is 0. The van der Waals surface area contributed by atoms with Crippen LogP contribution in [-0.4, -0.2) is 0 Å². The van der Waals surface area contributed by atoms with Crippen molar-refractivity contribution >= 4 is 0 Å². The molecular weight excluding hydrogens is 480 g/mol. The van der Waals surface area contributed by atoms with E-state index in [-0.39, 0.29) is 0 Å². The Labute approximate surface area is 251 Å². The van der Waals surface area contributed by atoms with Gasteiger partial charge in [-0.25, -0.2) is 0 Å². The molecule has 40 heavy (non-hydrogen) atoms. The third kappa shape index (κ3) is 24.9. The van der Waals surface area contributed by atoms with Crippen molar-refractivity contribution in [3.05, 3.63) is 93.2 Å². The van der Waals surface area contributed by atoms with E-state index in [2.05, 4.69) is 125 Å². The van der Waals surface area contributed by atoms with Crippen molar-refractivity contribution in [2.45, 2.75) is 153 Å². The molecule has 0 rings (SSSR count). The normalized spacial score (nSPS) is 14.2. The van der Waals surface area contributed by atoms with Crippen molar-refractivity contribution in [2.24, 2.45) is 5.92 Å². The second-order valence-electron chi connectivity index (χ2n) is 13.0. The summed E-state index contributed by atoms with van der Waals surface area (Å²) in [4.78, 5) is 0. The molecule has 0 heteroatoms. The lowest BCUT2D eigenvalue weighted by molar-refractivity contribution is 0.657. The monoisotopic (exact) mass is 547 g/mol. The molecule has 0 aliphatic rings. The molecule has 0 heterocycles. The van der Waals surface area contributed by atoms with Crippen LogP contribution in [0.1, 0.15) is 153 Å². The molecule has 0 radical (unpaired) electrons. The molecule has 0 aromatic rings. The van der Waals surface area contributed by atoms with E-state index >= 15 is 0 Å². The summed E-state index contributed by atoms with van der Waals surface area (Å²) in [5, 5.41) is 0. The van der Waals surface area contributed by atoms with Crippen molar-refractivity contribution < 1.29 is 0 Å². The van der Waals surface area contributed by atoms with Gasteiger partial charge in [0.05, 0.1) is 0 Å². The summed E-state index contributed by atoms with van der Waals surface area (Å²) < 4.78 is 0. The van der Waals surface area contributed by atoms with Crippen molar-refractivity contribution in [1.82, 2.24) is 0 Å². The first-order chi connectivity index (χ1) is 18.9. The van der Waals surface area contributed by atoms with E-state index in [0.717, 1.165) is 32.1 Å². The second kappa shape index (κ2) is 23.6. The maximum atomic E-state index is 2.56. The molecule has 0 aromatic carbocycles. The Kier molecular flexibility index (Phi) is 22.4. The smallest absolute Gasteiger partial charge is 0.0162 e. The topological polar surface area (TPSA) is 0 Å². The van der Waals surface area contributed by atoms with Crippen LogP contribution in [0.25, 0.3) is 0 Å². The van der Waals surface area contributed by atoms with E-state index in [9.17, 15) is 0 Å². The molecule has 0 spiro atoms. The van der Waals surface area contributed by atoms with Crippen molar-refractivity contribution in [3.63, 3.8) is 0 Å². The quantitative estimate of drug-likeness (QED) is 0.133. The zero-order chi connectivity index (χ0) is 30.3. The van der Waals surface area contributed by atoms with Gasteiger partial charge in [0, 0.05) is 0 Å². The minimum absolute atomic E-state index is 0.583. The molecule has 0 N–H and O–H groups in total. The largest absolute Gasteiger partial charge is 0.0856 e. The summed E-state index contributed by atoms with van der Waals surface area (Å²) in [5.74, 6) is 0.583. The van der Waals surface area contributed by atoms with Gasteiger partial charge in [0.15, 0.2) is 0 Å². The lowest BCUT2D eigenvalue weighted by atomic mass is 9.93. The molecule has 0 aliphatic carbocycles. The molecular formula is C40H66. The van der Waals surface area contributed by atoms with Gasteiger partial charge in [0.25, 0.3) is 0 Å². The van der Waals surface area contributed by atoms with Gasteiger partial charge in [-0.15, -0.1) is 0 Å². The molecule has 0 atom stereocenters. The van der Waals surface area contributed by atoms with Gasteiger partial charge >= 0.3 is 0 Å². The van der Waals surface area contributed by atoms with Crippen LogP contribution in [-0.2, 0) is 0 Å². The number of allylic oxidation sites excluding steroid dienone is 16. The van der Waals surface area contributed by atoms with Gasteiger partial charge in [0.2, 0.25) is 0 Å². The minimum atomic E-state index is 0.583. The summed E-state index contributed by atoms with van der Waals surface area (Å²) in [5.41, 5.74) is 11.9. The third-order valence-corrected chi connectivity index (χ3v) is 7.40. The van der Waals surface area contributed by atoms with Gasteiger partial charge in [-0.2, -0.15) is 0 Å². The average molecular weight is 547 g/mol. The van der Waals surface area contributed by atoms with Crippen LogP contribution in [0.5, 0.6) is 0 Å². The first kappa shape index (κ1) is 37.9. The van der Waals surface area contributed by atoms with Crippen molar-refractivity contribution in [2.75, 3.05) is 0 Å². The maximum absolute atomic E-state index is 2.56. The van der Waals surface area contributed by atoms with Crippen molar-refractivity contribution in [1.29, 1.82) is 0 Å². The highest BCUT2D eigenvalue weighted by Crippen LogP contribution is 2.22. The van der Waals surface area contributed by atoms with E-state index in [1.54, 1.807) is 0 Å². The Morgan fingerprint density at radius 3 is 0.950 bits per heavy atom. The highest BCUT2D eigenvalue weighted by Gasteiger charge is 2.05. The second-order valence-corrected chi connectivity index (χ2v) is 13.0. The Morgan fingerprint density at radius 1 is 0.350 bits per heavy atom. The van der Waals surface area contributed by atoms with Gasteiger partial charge in [-0.05, 0) is 159 Å². The first-order valence-electron chi connectivity index (χ1n) is 16.1. The van der Waals surface area contributed by atoms with Crippen LogP contribution < -0.4 is 0 Å². The molecule has 0 aromatic heterocycles. The molecule has 0 nitrogen and oxygen atoms in total. The van der Waals surface area contributed by atoms with Crippen LogP contribution in [0.2, 0.25) is 0 Å². The van der Waals surface area contributed by atoms with E-state index in [1.165, 1.54) is 89.5 Å². The molecule has 0 saturated heterocycles. The maximum Gasteiger partial charge on any atom is -0.0162 e. The fourth-order valence-electron chi connectivity index (χ4n) is 4.69. The standard InChI is InChI=1S/C40H66/c1-32(2)17-12-20-35(7)22-15-24-37(9)27-29-40(31-39(11)26-14-19-34(5)6)30-28-38(10)25-16-23-36(8)21-13-18-33(3)4/h17-19,22-23,27-28,31,40H,12-16,20-21,24-26,29-30H2,1-11H3/b35-22?,36-23?,37-27?,38-28?,39-31+. The summed E-state index contributed by atoms with van der Waals surface area (Å²) in [6.07, 6.45) is 33.5. The Bertz CT molecular complexity index is 876. The van der Waals surface area contributed by atoms with E-state index in [1.807, 2.05) is 0 Å². The van der Waals surface area contributed by atoms with Crippen LogP contribution >= 0.6 is 0 Å². The summed E-state index contributed by atoms with van der Waals surface area (Å²) in [6, 6.07) is 0. The highest BCUT2D eigenvalue weighted by atomic mass is 14.1. The molecule has 0 saturated carbocycles. The SMILES string of the molecule is CC(C)=CCCC(C)=CCCC(C)=CCC(/C=C(\C)CCC=C(C)C)CC=C(C)CCC=C(C)CCC=C(C)C. The summed E-state index contributed by atoms with van der Waals surface area (Å²) in [6.45, 7) is 24.7. The van der Waals surface area contributed by atoms with E-state index in [0.29, 0.717) is 5.92 Å². The number of hydrogen-bond donors (Lipinski definition) is 0. The predicted octanol–water partition coefficient (Wildman–Crippen LogP) is 13.9. The predicted molar refractivity (Wildman–Crippen MR) is 186 cm³/mol. The molecule has 0 unspecified atom stereocenters. The van der Waals surface area contributed by atoms with Crippen LogP contribution in [0.4, 0.5) is 0 Å². The number of hydrogen-bond acceptors (Lipinski definition) is 0. The molecule has 226 valence electrons. The summed E-state index contributed by atoms with van der Waals surface area (Å²) >= 11 is 0. The van der Waals surface area contributed by atoms with Crippen LogP contribution in [0.15, 0.2) is 93.2 Å². The molecule has 0 aliphatic heterocycles. The minimum Gasteiger partial charge on any atom is -0.0856 e. The zero-order valence-corrected chi connectivity index (χ0v) is 28.7. The van der Waals surface area contributed by atoms with Crippen molar-refractivity contribution in [3.8, 4) is 0 Å². The molecule has 0 amide bonds. The third-order valence-electron chi connectivity index (χ3n) is 7.40. The zero-order valence-electron chi connectivity index (χ0n) is 28.7.